The Hall–Kier alpha value is -5.88. The molecule has 6 rings (SSSR count). The van der Waals surface area contributed by atoms with Gasteiger partial charge in [-0.25, -0.2) is 13.2 Å². The third-order valence-corrected chi connectivity index (χ3v) is 9.76. The number of methoxy groups -OCH3 is 1. The molecule has 1 fully saturated rings. The molecule has 1 aliphatic heterocycles. The highest BCUT2D eigenvalue weighted by Crippen LogP contribution is 2.40. The molecular formula is C42H46N6O7S. The summed E-state index contributed by atoms with van der Waals surface area (Å²) in [5.41, 5.74) is 3.61. The van der Waals surface area contributed by atoms with Gasteiger partial charge in [0.2, 0.25) is 10.0 Å². The zero-order valence-electron chi connectivity index (χ0n) is 32.1. The fourth-order valence-corrected chi connectivity index (χ4v) is 6.91. The lowest BCUT2D eigenvalue weighted by molar-refractivity contribution is 0.0322. The lowest BCUT2D eigenvalue weighted by Crippen LogP contribution is -2.38. The molecule has 4 aromatic carbocycles. The molecule has 5 aromatic rings. The summed E-state index contributed by atoms with van der Waals surface area (Å²) in [4.78, 5) is 20.3. The van der Waals surface area contributed by atoms with Crippen molar-refractivity contribution >= 4 is 43.9 Å². The molecule has 14 heteroatoms. The maximum atomic E-state index is 13.5. The number of urea groups is 1. The molecule has 1 aromatic heterocycles. The van der Waals surface area contributed by atoms with E-state index in [4.69, 9.17) is 18.9 Å². The number of amides is 2. The van der Waals surface area contributed by atoms with Gasteiger partial charge in [0, 0.05) is 54.8 Å². The minimum atomic E-state index is -3.64. The van der Waals surface area contributed by atoms with E-state index in [2.05, 4.69) is 31.3 Å². The van der Waals surface area contributed by atoms with Crippen molar-refractivity contribution in [2.75, 3.05) is 68.2 Å². The monoisotopic (exact) mass is 778 g/mol. The first kappa shape index (κ1) is 39.8. The number of hydrogen-bond acceptors (Lipinski definition) is 10. The van der Waals surface area contributed by atoms with Crippen LogP contribution in [0.4, 0.5) is 21.9 Å². The molecule has 2 amide bonds. The largest absolute Gasteiger partial charge is 0.492 e. The predicted octanol–water partition coefficient (Wildman–Crippen LogP) is 7.52. The Balaban J connectivity index is 1.16. The van der Waals surface area contributed by atoms with Crippen molar-refractivity contribution < 1.29 is 32.2 Å². The molecule has 0 atom stereocenters. The minimum absolute atomic E-state index is 0.176. The minimum Gasteiger partial charge on any atom is -0.492 e. The topological polar surface area (TPSA) is 164 Å². The number of nitrogens with one attached hydrogen (secondary N) is 3. The number of ether oxygens (including phenoxy) is 4. The molecule has 13 nitrogen and oxygen atoms in total. The third kappa shape index (κ3) is 10.2. The Morgan fingerprint density at radius 1 is 0.929 bits per heavy atom. The third-order valence-electron chi connectivity index (χ3n) is 9.17. The SMILES string of the molecule is COc1c(NC(=O)Nc2ccc(Oc3ccnc(Cc4ccc(OCCN5CCOCC5)c(C#N)c4)c3)c3ccccc23)cc(C(C)(C)C)cc1NS(C)(=O)=O. The molecule has 0 saturated carbocycles. The fourth-order valence-electron chi connectivity index (χ4n) is 6.36. The Kier molecular flexibility index (Phi) is 12.3. The number of carbonyl (C=O) groups excluding carboxylic acids is 1. The van der Waals surface area contributed by atoms with E-state index in [0.29, 0.717) is 47.2 Å². The van der Waals surface area contributed by atoms with Crippen LogP contribution in [0.1, 0.15) is 43.2 Å². The van der Waals surface area contributed by atoms with Crippen molar-refractivity contribution in [3.63, 3.8) is 0 Å². The van der Waals surface area contributed by atoms with Gasteiger partial charge in [-0.3, -0.25) is 14.6 Å². The van der Waals surface area contributed by atoms with Crippen LogP contribution in [0.5, 0.6) is 23.0 Å². The maximum absolute atomic E-state index is 13.5. The standard InChI is InChI=1S/C42H46N6O7S/c1-42(2,3)30-24-36(40(52-4)37(25-30)47-56(5,50)51)46-41(49)45-35-11-13-39(34-9-7-6-8-33(34)35)55-32-14-15-44-31(26-32)23-28-10-12-38(29(22-28)27-43)54-21-18-48-16-19-53-20-17-48/h6-15,22,24-26,47H,16-21,23H2,1-5H3,(H2,45,46,49). The van der Waals surface area contributed by atoms with Crippen LogP contribution in [-0.4, -0.2) is 77.2 Å². The second kappa shape index (κ2) is 17.3. The summed E-state index contributed by atoms with van der Waals surface area (Å²) in [6, 6.07) is 25.5. The quantitative estimate of drug-likeness (QED) is 0.109. The molecule has 2 heterocycles. The van der Waals surface area contributed by atoms with Gasteiger partial charge in [-0.2, -0.15) is 5.26 Å². The second-order valence-electron chi connectivity index (χ2n) is 14.5. The van der Waals surface area contributed by atoms with E-state index < -0.39 is 16.1 Å². The molecule has 0 unspecified atom stereocenters. The molecule has 0 radical (unpaired) electrons. The molecule has 56 heavy (non-hydrogen) atoms. The molecule has 292 valence electrons. The molecular weight excluding hydrogens is 733 g/mol. The molecule has 0 bridgehead atoms. The van der Waals surface area contributed by atoms with Crippen LogP contribution >= 0.6 is 0 Å². The lowest BCUT2D eigenvalue weighted by Gasteiger charge is -2.26. The van der Waals surface area contributed by atoms with Gasteiger partial charge in [0.1, 0.15) is 29.9 Å². The van der Waals surface area contributed by atoms with Crippen LogP contribution in [0.2, 0.25) is 0 Å². The summed E-state index contributed by atoms with van der Waals surface area (Å²) in [7, 11) is -2.23. The van der Waals surface area contributed by atoms with Gasteiger partial charge < -0.3 is 29.6 Å². The number of rotatable bonds is 13. The Morgan fingerprint density at radius 3 is 2.36 bits per heavy atom. The Labute approximate surface area is 327 Å². The second-order valence-corrected chi connectivity index (χ2v) is 16.2. The summed E-state index contributed by atoms with van der Waals surface area (Å²) in [5, 5.41) is 17.1. The van der Waals surface area contributed by atoms with E-state index in [1.807, 2.05) is 69.3 Å². The Morgan fingerprint density at radius 2 is 1.64 bits per heavy atom. The number of morpholine rings is 1. The first-order valence-corrected chi connectivity index (χ1v) is 20.1. The molecule has 1 aliphatic rings. The normalized spacial score (nSPS) is 13.4. The van der Waals surface area contributed by atoms with E-state index in [9.17, 15) is 18.5 Å². The van der Waals surface area contributed by atoms with Gasteiger partial charge in [0.15, 0.2) is 5.75 Å². The van der Waals surface area contributed by atoms with Crippen LogP contribution < -0.4 is 29.6 Å². The van der Waals surface area contributed by atoms with Crippen LogP contribution in [0, 0.1) is 11.3 Å². The summed E-state index contributed by atoms with van der Waals surface area (Å²) in [6.07, 6.45) is 3.22. The van der Waals surface area contributed by atoms with Crippen LogP contribution in [0.3, 0.4) is 0 Å². The average molecular weight is 779 g/mol. The number of carbonyl (C=O) groups is 1. The van der Waals surface area contributed by atoms with E-state index in [1.165, 1.54) is 7.11 Å². The number of hydrogen-bond donors (Lipinski definition) is 3. The summed E-state index contributed by atoms with van der Waals surface area (Å²) in [5.74, 6) is 1.88. The van der Waals surface area contributed by atoms with Crippen molar-refractivity contribution in [1.82, 2.24) is 9.88 Å². The van der Waals surface area contributed by atoms with Gasteiger partial charge >= 0.3 is 6.03 Å². The molecule has 1 saturated heterocycles. The Bertz CT molecular complexity index is 2370. The van der Waals surface area contributed by atoms with E-state index in [-0.39, 0.29) is 16.9 Å². The zero-order valence-corrected chi connectivity index (χ0v) is 33.0. The predicted molar refractivity (Wildman–Crippen MR) is 218 cm³/mol. The number of anilines is 3. The number of pyridine rings is 1. The van der Waals surface area contributed by atoms with Gasteiger partial charge in [-0.05, 0) is 59.0 Å². The van der Waals surface area contributed by atoms with E-state index in [0.717, 1.165) is 66.7 Å². The van der Waals surface area contributed by atoms with Gasteiger partial charge in [-0.1, -0.05) is 51.1 Å². The molecule has 0 aliphatic carbocycles. The first-order chi connectivity index (χ1) is 26.8. The highest BCUT2D eigenvalue weighted by Gasteiger charge is 2.23. The van der Waals surface area contributed by atoms with Crippen LogP contribution in [0.25, 0.3) is 10.8 Å². The highest BCUT2D eigenvalue weighted by atomic mass is 32.2. The lowest BCUT2D eigenvalue weighted by atomic mass is 9.86. The maximum Gasteiger partial charge on any atom is 0.323 e. The number of fused-ring (bicyclic) bond motifs is 1. The number of sulfonamides is 1. The van der Waals surface area contributed by atoms with Gasteiger partial charge in [0.25, 0.3) is 0 Å². The van der Waals surface area contributed by atoms with Crippen molar-refractivity contribution in [2.45, 2.75) is 32.6 Å². The average Bonchev–Trinajstić information content (AvgIpc) is 3.16. The summed E-state index contributed by atoms with van der Waals surface area (Å²) < 4.78 is 50.1. The molecule has 3 N–H and O–H groups in total. The van der Waals surface area contributed by atoms with Crippen LogP contribution in [0.15, 0.2) is 85.1 Å². The number of nitriles is 1. The van der Waals surface area contributed by atoms with Crippen molar-refractivity contribution in [3.05, 3.63) is 107 Å². The summed E-state index contributed by atoms with van der Waals surface area (Å²) >= 11 is 0. The van der Waals surface area contributed by atoms with E-state index >= 15 is 0 Å². The zero-order chi connectivity index (χ0) is 39.9. The van der Waals surface area contributed by atoms with Crippen molar-refractivity contribution in [1.29, 1.82) is 5.26 Å². The fraction of sp³-hybridized carbons (Fsp3) is 0.310. The first-order valence-electron chi connectivity index (χ1n) is 18.2. The van der Waals surface area contributed by atoms with Gasteiger partial charge in [-0.15, -0.1) is 0 Å². The highest BCUT2D eigenvalue weighted by molar-refractivity contribution is 7.92. The summed E-state index contributed by atoms with van der Waals surface area (Å²) in [6.45, 7) is 10.4. The number of nitrogens with zero attached hydrogens (tertiary/aromatic N) is 3. The number of aromatic nitrogens is 1. The van der Waals surface area contributed by atoms with Crippen molar-refractivity contribution in [2.24, 2.45) is 0 Å². The number of benzene rings is 4. The van der Waals surface area contributed by atoms with Crippen molar-refractivity contribution in [3.8, 4) is 29.1 Å². The van der Waals surface area contributed by atoms with E-state index in [1.54, 1.807) is 36.5 Å². The van der Waals surface area contributed by atoms with Crippen LogP contribution in [-0.2, 0) is 26.6 Å². The molecule has 0 spiro atoms. The van der Waals surface area contributed by atoms with Gasteiger partial charge in [0.05, 0.1) is 49.2 Å². The smallest absolute Gasteiger partial charge is 0.323 e.